The molecule has 1 heterocycles. The zero-order valence-electron chi connectivity index (χ0n) is 11.3. The molecule has 1 saturated heterocycles. The minimum atomic E-state index is -2.85. The second kappa shape index (κ2) is 7.13. The van der Waals surface area contributed by atoms with Gasteiger partial charge in [0, 0.05) is 19.2 Å². The van der Waals surface area contributed by atoms with Crippen molar-refractivity contribution in [1.82, 2.24) is 4.90 Å². The van der Waals surface area contributed by atoms with Gasteiger partial charge in [-0.15, -0.1) is 6.42 Å². The van der Waals surface area contributed by atoms with E-state index in [9.17, 15) is 8.42 Å². The fourth-order valence-corrected chi connectivity index (χ4v) is 3.83. The minimum Gasteiger partial charge on any atom is -0.380 e. The SMILES string of the molecule is C#CCN(CCOCC(C)C)[C@@H]1CCS(=O)(=O)C1. The molecule has 1 rings (SSSR count). The van der Waals surface area contributed by atoms with Crippen molar-refractivity contribution in [3.05, 3.63) is 0 Å². The first-order chi connectivity index (χ1) is 8.44. The van der Waals surface area contributed by atoms with E-state index in [0.29, 0.717) is 32.0 Å². The van der Waals surface area contributed by atoms with Crippen LogP contribution in [0.4, 0.5) is 0 Å². The molecule has 0 aromatic carbocycles. The average Bonchev–Trinajstić information content (AvgIpc) is 2.63. The summed E-state index contributed by atoms with van der Waals surface area (Å²) in [5, 5.41) is 0. The Labute approximate surface area is 111 Å². The molecule has 0 radical (unpaired) electrons. The van der Waals surface area contributed by atoms with Gasteiger partial charge in [0.2, 0.25) is 0 Å². The van der Waals surface area contributed by atoms with E-state index in [2.05, 4.69) is 19.8 Å². The molecule has 1 aliphatic heterocycles. The molecule has 1 aliphatic rings. The van der Waals surface area contributed by atoms with Gasteiger partial charge in [0.25, 0.3) is 0 Å². The van der Waals surface area contributed by atoms with Crippen LogP contribution >= 0.6 is 0 Å². The molecular formula is C13H23NO3S. The topological polar surface area (TPSA) is 46.6 Å². The Morgan fingerprint density at radius 2 is 2.22 bits per heavy atom. The Kier molecular flexibility index (Phi) is 6.13. The van der Waals surface area contributed by atoms with Crippen molar-refractivity contribution >= 4 is 9.84 Å². The normalized spacial score (nSPS) is 22.5. The summed E-state index contributed by atoms with van der Waals surface area (Å²) in [4.78, 5) is 2.05. The number of terminal acetylenes is 1. The standard InChI is InChI=1S/C13H23NO3S/c1-4-6-14(7-8-17-10-12(2)3)13-5-9-18(15,16)11-13/h1,12-13H,5-11H2,2-3H3/t13-/m1/s1. The van der Waals surface area contributed by atoms with E-state index in [1.165, 1.54) is 0 Å². The highest BCUT2D eigenvalue weighted by Gasteiger charge is 2.31. The van der Waals surface area contributed by atoms with Gasteiger partial charge in [-0.05, 0) is 12.3 Å². The van der Waals surface area contributed by atoms with Crippen LogP contribution in [0.25, 0.3) is 0 Å². The molecule has 0 aromatic heterocycles. The third kappa shape index (κ3) is 5.38. The van der Waals surface area contributed by atoms with Crippen LogP contribution in [0.1, 0.15) is 20.3 Å². The van der Waals surface area contributed by atoms with E-state index < -0.39 is 9.84 Å². The lowest BCUT2D eigenvalue weighted by Crippen LogP contribution is -2.39. The first-order valence-corrected chi connectivity index (χ1v) is 8.22. The molecule has 0 amide bonds. The smallest absolute Gasteiger partial charge is 0.151 e. The Morgan fingerprint density at radius 3 is 2.72 bits per heavy atom. The van der Waals surface area contributed by atoms with E-state index in [4.69, 9.17) is 11.2 Å². The molecular weight excluding hydrogens is 250 g/mol. The van der Waals surface area contributed by atoms with Gasteiger partial charge in [0.15, 0.2) is 9.84 Å². The summed E-state index contributed by atoms with van der Waals surface area (Å²) >= 11 is 0. The summed E-state index contributed by atoms with van der Waals surface area (Å²) < 4.78 is 28.4. The molecule has 5 heteroatoms. The molecule has 0 aliphatic carbocycles. The van der Waals surface area contributed by atoms with Gasteiger partial charge in [-0.25, -0.2) is 8.42 Å². The van der Waals surface area contributed by atoms with Crippen LogP contribution in [0, 0.1) is 18.3 Å². The maximum atomic E-state index is 11.5. The van der Waals surface area contributed by atoms with Crippen molar-refractivity contribution in [2.45, 2.75) is 26.3 Å². The Hall–Kier alpha value is -0.570. The molecule has 0 unspecified atom stereocenters. The molecule has 0 saturated carbocycles. The predicted octanol–water partition coefficient (Wildman–Crippen LogP) is 0.781. The highest BCUT2D eigenvalue weighted by atomic mass is 32.2. The van der Waals surface area contributed by atoms with Gasteiger partial charge in [-0.1, -0.05) is 19.8 Å². The van der Waals surface area contributed by atoms with Crippen LogP contribution in [-0.2, 0) is 14.6 Å². The summed E-state index contributed by atoms with van der Waals surface area (Å²) in [6.45, 7) is 6.73. The highest BCUT2D eigenvalue weighted by Crippen LogP contribution is 2.17. The number of hydrogen-bond donors (Lipinski definition) is 0. The van der Waals surface area contributed by atoms with Crippen LogP contribution in [0.2, 0.25) is 0 Å². The average molecular weight is 273 g/mol. The Morgan fingerprint density at radius 1 is 1.50 bits per heavy atom. The van der Waals surface area contributed by atoms with E-state index in [0.717, 1.165) is 6.61 Å². The molecule has 1 atom stereocenters. The van der Waals surface area contributed by atoms with Crippen molar-refractivity contribution in [3.63, 3.8) is 0 Å². The van der Waals surface area contributed by atoms with Crippen LogP contribution in [0.5, 0.6) is 0 Å². The van der Waals surface area contributed by atoms with E-state index >= 15 is 0 Å². The maximum absolute atomic E-state index is 11.5. The Balaban J connectivity index is 2.39. The first kappa shape index (κ1) is 15.5. The zero-order chi connectivity index (χ0) is 13.6. The van der Waals surface area contributed by atoms with Gasteiger partial charge in [0.1, 0.15) is 0 Å². The summed E-state index contributed by atoms with van der Waals surface area (Å²) in [5.74, 6) is 3.63. The van der Waals surface area contributed by atoms with Crippen LogP contribution < -0.4 is 0 Å². The summed E-state index contributed by atoms with van der Waals surface area (Å²) in [5.41, 5.74) is 0. The second-order valence-electron chi connectivity index (χ2n) is 5.20. The quantitative estimate of drug-likeness (QED) is 0.508. The van der Waals surface area contributed by atoms with E-state index in [1.807, 2.05) is 4.90 Å². The lowest BCUT2D eigenvalue weighted by molar-refractivity contribution is 0.0799. The third-order valence-electron chi connectivity index (χ3n) is 2.99. The van der Waals surface area contributed by atoms with Crippen molar-refractivity contribution in [1.29, 1.82) is 0 Å². The van der Waals surface area contributed by atoms with Gasteiger partial charge in [0.05, 0.1) is 24.7 Å². The summed E-state index contributed by atoms with van der Waals surface area (Å²) in [7, 11) is -2.85. The lowest BCUT2D eigenvalue weighted by Gasteiger charge is -2.25. The van der Waals surface area contributed by atoms with Gasteiger partial charge in [-0.2, -0.15) is 0 Å². The minimum absolute atomic E-state index is 0.0636. The van der Waals surface area contributed by atoms with Crippen molar-refractivity contribution in [2.75, 3.05) is 37.8 Å². The second-order valence-corrected chi connectivity index (χ2v) is 7.43. The fourth-order valence-electron chi connectivity index (χ4n) is 2.07. The molecule has 0 bridgehead atoms. The fraction of sp³-hybridized carbons (Fsp3) is 0.846. The van der Waals surface area contributed by atoms with E-state index in [-0.39, 0.29) is 17.5 Å². The van der Waals surface area contributed by atoms with Gasteiger partial charge in [-0.3, -0.25) is 4.90 Å². The van der Waals surface area contributed by atoms with Crippen molar-refractivity contribution in [2.24, 2.45) is 5.92 Å². The van der Waals surface area contributed by atoms with Gasteiger partial charge >= 0.3 is 0 Å². The first-order valence-electron chi connectivity index (χ1n) is 6.40. The van der Waals surface area contributed by atoms with Crippen LogP contribution in [-0.4, -0.2) is 57.2 Å². The third-order valence-corrected chi connectivity index (χ3v) is 4.74. The number of rotatable bonds is 7. The molecule has 0 spiro atoms. The number of ether oxygens (including phenoxy) is 1. The van der Waals surface area contributed by atoms with Crippen LogP contribution in [0.3, 0.4) is 0 Å². The van der Waals surface area contributed by atoms with Crippen molar-refractivity contribution < 1.29 is 13.2 Å². The van der Waals surface area contributed by atoms with Crippen molar-refractivity contribution in [3.8, 4) is 12.3 Å². The molecule has 104 valence electrons. The molecule has 4 nitrogen and oxygen atoms in total. The molecule has 0 aromatic rings. The number of sulfone groups is 1. The number of nitrogens with zero attached hydrogens (tertiary/aromatic N) is 1. The Bertz CT molecular complexity index is 384. The molecule has 0 N–H and O–H groups in total. The van der Waals surface area contributed by atoms with E-state index in [1.54, 1.807) is 0 Å². The van der Waals surface area contributed by atoms with Crippen LogP contribution in [0.15, 0.2) is 0 Å². The predicted molar refractivity (Wildman–Crippen MR) is 73.1 cm³/mol. The summed E-state index contributed by atoms with van der Waals surface area (Å²) in [6, 6.07) is 0.0636. The van der Waals surface area contributed by atoms with Gasteiger partial charge < -0.3 is 4.74 Å². The molecule has 1 fully saturated rings. The molecule has 18 heavy (non-hydrogen) atoms. The monoisotopic (exact) mass is 273 g/mol. The lowest BCUT2D eigenvalue weighted by atomic mass is 10.2. The maximum Gasteiger partial charge on any atom is 0.151 e. The highest BCUT2D eigenvalue weighted by molar-refractivity contribution is 7.91. The largest absolute Gasteiger partial charge is 0.380 e. The number of hydrogen-bond acceptors (Lipinski definition) is 4. The summed E-state index contributed by atoms with van der Waals surface area (Å²) in [6.07, 6.45) is 6.02. The zero-order valence-corrected chi connectivity index (χ0v) is 12.1.